The lowest BCUT2D eigenvalue weighted by Crippen LogP contribution is -2.55. The van der Waals surface area contributed by atoms with Gasteiger partial charge in [-0.3, -0.25) is 4.79 Å². The molecule has 11 unspecified atom stereocenters. The number of ketones is 1. The standard InChI is InChI=1S/C29H48O4/c1-7-17(2)18(3)25(32)16-29(6,33)26-9-8-21-20-15-24(31)23-14-19(30)10-12-27(23,4)22(20)11-13-28(21,26)5/h11,17-21,23-24,26,30-31,33H,7-10,12-16H2,1-6H3. The number of fused-ring (bicyclic) bond motifs is 5. The summed E-state index contributed by atoms with van der Waals surface area (Å²) in [6, 6.07) is 0. The summed E-state index contributed by atoms with van der Waals surface area (Å²) in [5, 5.41) is 33.1. The second-order valence-electron chi connectivity index (χ2n) is 13.1. The van der Waals surface area contributed by atoms with Crippen LogP contribution in [0.1, 0.15) is 99.3 Å². The molecule has 11 atom stereocenters. The van der Waals surface area contributed by atoms with Crippen molar-refractivity contribution in [3.63, 3.8) is 0 Å². The van der Waals surface area contributed by atoms with Crippen LogP contribution in [0, 0.1) is 46.3 Å². The Labute approximate surface area is 201 Å². The Morgan fingerprint density at radius 1 is 1.15 bits per heavy atom. The first-order valence-corrected chi connectivity index (χ1v) is 13.7. The molecule has 4 nitrogen and oxygen atoms in total. The minimum Gasteiger partial charge on any atom is -0.393 e. The van der Waals surface area contributed by atoms with Crippen molar-refractivity contribution in [1.29, 1.82) is 0 Å². The van der Waals surface area contributed by atoms with Crippen molar-refractivity contribution in [3.05, 3.63) is 11.6 Å². The molecule has 3 fully saturated rings. The van der Waals surface area contributed by atoms with Gasteiger partial charge in [0.25, 0.3) is 0 Å². The summed E-state index contributed by atoms with van der Waals surface area (Å²) < 4.78 is 0. The molecular formula is C29H48O4. The lowest BCUT2D eigenvalue weighted by atomic mass is 9.47. The molecule has 0 aromatic carbocycles. The van der Waals surface area contributed by atoms with Gasteiger partial charge in [0.15, 0.2) is 0 Å². The summed E-state index contributed by atoms with van der Waals surface area (Å²) in [6.07, 6.45) is 9.23. The van der Waals surface area contributed by atoms with Crippen LogP contribution in [-0.2, 0) is 4.79 Å². The van der Waals surface area contributed by atoms with Gasteiger partial charge < -0.3 is 15.3 Å². The third-order valence-corrected chi connectivity index (χ3v) is 11.3. The number of aliphatic hydroxyl groups is 3. The van der Waals surface area contributed by atoms with E-state index in [1.165, 1.54) is 5.57 Å². The van der Waals surface area contributed by atoms with Crippen LogP contribution >= 0.6 is 0 Å². The Hall–Kier alpha value is -0.710. The van der Waals surface area contributed by atoms with Crippen LogP contribution in [0.15, 0.2) is 11.6 Å². The van der Waals surface area contributed by atoms with Crippen LogP contribution in [0.25, 0.3) is 0 Å². The lowest BCUT2D eigenvalue weighted by molar-refractivity contribution is -0.134. The normalized spacial score (nSPS) is 46.3. The monoisotopic (exact) mass is 460 g/mol. The highest BCUT2D eigenvalue weighted by molar-refractivity contribution is 5.81. The molecule has 0 aromatic rings. The van der Waals surface area contributed by atoms with Crippen molar-refractivity contribution in [2.45, 2.75) is 117 Å². The molecule has 3 saturated carbocycles. The first-order valence-electron chi connectivity index (χ1n) is 13.7. The molecule has 188 valence electrons. The van der Waals surface area contributed by atoms with Gasteiger partial charge in [-0.25, -0.2) is 0 Å². The van der Waals surface area contributed by atoms with E-state index < -0.39 is 5.60 Å². The van der Waals surface area contributed by atoms with Gasteiger partial charge in [0, 0.05) is 12.3 Å². The number of carbonyl (C=O) groups excluding carboxylic acids is 1. The number of rotatable bonds is 6. The first kappa shape index (κ1) is 25.4. The van der Waals surface area contributed by atoms with Crippen LogP contribution in [-0.4, -0.2) is 38.9 Å². The van der Waals surface area contributed by atoms with E-state index in [0.717, 1.165) is 44.9 Å². The number of allylic oxidation sites excluding steroid dienone is 2. The zero-order chi connectivity index (χ0) is 24.3. The van der Waals surface area contributed by atoms with Gasteiger partial charge in [-0.15, -0.1) is 0 Å². The van der Waals surface area contributed by atoms with E-state index in [0.29, 0.717) is 24.2 Å². The largest absolute Gasteiger partial charge is 0.393 e. The molecule has 0 spiro atoms. The van der Waals surface area contributed by atoms with Crippen molar-refractivity contribution in [3.8, 4) is 0 Å². The SMILES string of the molecule is CCC(C)C(C)C(=O)CC(C)(O)C1CCC2C3CC(O)C4CC(O)CCC4(C)C3=CCC21C. The molecular weight excluding hydrogens is 412 g/mol. The van der Waals surface area contributed by atoms with Crippen molar-refractivity contribution < 1.29 is 20.1 Å². The van der Waals surface area contributed by atoms with Gasteiger partial charge in [-0.05, 0) is 92.3 Å². The van der Waals surface area contributed by atoms with Gasteiger partial charge in [0.1, 0.15) is 5.78 Å². The summed E-state index contributed by atoms with van der Waals surface area (Å²) in [6.45, 7) is 12.8. The smallest absolute Gasteiger partial charge is 0.138 e. The Morgan fingerprint density at radius 2 is 1.85 bits per heavy atom. The molecule has 4 heteroatoms. The van der Waals surface area contributed by atoms with Crippen LogP contribution < -0.4 is 0 Å². The van der Waals surface area contributed by atoms with Crippen molar-refractivity contribution >= 4 is 5.78 Å². The van der Waals surface area contributed by atoms with Crippen molar-refractivity contribution in [2.24, 2.45) is 46.3 Å². The highest BCUT2D eigenvalue weighted by Gasteiger charge is 2.61. The van der Waals surface area contributed by atoms with Crippen LogP contribution in [0.2, 0.25) is 0 Å². The van der Waals surface area contributed by atoms with E-state index in [9.17, 15) is 20.1 Å². The molecule has 33 heavy (non-hydrogen) atoms. The van der Waals surface area contributed by atoms with Gasteiger partial charge in [-0.1, -0.05) is 52.7 Å². The minimum absolute atomic E-state index is 0.0173. The Balaban J connectivity index is 1.58. The van der Waals surface area contributed by atoms with Crippen LogP contribution in [0.4, 0.5) is 0 Å². The highest BCUT2D eigenvalue weighted by atomic mass is 16.3. The average molecular weight is 461 g/mol. The van der Waals surface area contributed by atoms with E-state index in [-0.39, 0.29) is 53.0 Å². The number of Topliss-reactive ketones (excluding diaryl/α,β-unsaturated/α-hetero) is 1. The maximum atomic E-state index is 13.1. The van der Waals surface area contributed by atoms with Gasteiger partial charge >= 0.3 is 0 Å². The van der Waals surface area contributed by atoms with E-state index in [1.54, 1.807) is 0 Å². The van der Waals surface area contributed by atoms with E-state index in [4.69, 9.17) is 0 Å². The Morgan fingerprint density at radius 3 is 2.52 bits per heavy atom. The second kappa shape index (κ2) is 8.75. The summed E-state index contributed by atoms with van der Waals surface area (Å²) in [4.78, 5) is 13.1. The molecule has 0 amide bonds. The molecule has 4 rings (SSSR count). The maximum Gasteiger partial charge on any atom is 0.138 e. The molecule has 0 bridgehead atoms. The summed E-state index contributed by atoms with van der Waals surface area (Å²) >= 11 is 0. The molecule has 4 aliphatic rings. The first-order chi connectivity index (χ1) is 15.3. The van der Waals surface area contributed by atoms with Gasteiger partial charge in [0.2, 0.25) is 0 Å². The van der Waals surface area contributed by atoms with Gasteiger partial charge in [-0.2, -0.15) is 0 Å². The lowest BCUT2D eigenvalue weighted by Gasteiger charge is -2.58. The fourth-order valence-corrected chi connectivity index (χ4v) is 8.88. The Kier molecular flexibility index (Phi) is 6.73. The Bertz CT molecular complexity index is 786. The molecule has 0 radical (unpaired) electrons. The molecule has 0 aliphatic heterocycles. The summed E-state index contributed by atoms with van der Waals surface area (Å²) in [7, 11) is 0. The molecule has 0 saturated heterocycles. The predicted molar refractivity (Wildman–Crippen MR) is 131 cm³/mol. The fraction of sp³-hybridized carbons (Fsp3) is 0.897. The minimum atomic E-state index is -0.998. The van der Waals surface area contributed by atoms with E-state index >= 15 is 0 Å². The average Bonchev–Trinajstić information content (AvgIpc) is 3.12. The number of carbonyl (C=O) groups is 1. The fourth-order valence-electron chi connectivity index (χ4n) is 8.88. The summed E-state index contributed by atoms with van der Waals surface area (Å²) in [5.74, 6) is 1.55. The zero-order valence-corrected chi connectivity index (χ0v) is 21.8. The summed E-state index contributed by atoms with van der Waals surface area (Å²) in [5.41, 5.74) is 0.455. The number of hydrogen-bond acceptors (Lipinski definition) is 4. The molecule has 0 aromatic heterocycles. The van der Waals surface area contributed by atoms with Crippen LogP contribution in [0.5, 0.6) is 0 Å². The van der Waals surface area contributed by atoms with Crippen molar-refractivity contribution in [1.82, 2.24) is 0 Å². The molecule has 4 aliphatic carbocycles. The van der Waals surface area contributed by atoms with E-state index in [1.807, 2.05) is 13.8 Å². The number of hydrogen-bond donors (Lipinski definition) is 3. The topological polar surface area (TPSA) is 77.8 Å². The van der Waals surface area contributed by atoms with E-state index in [2.05, 4.69) is 33.8 Å². The quantitative estimate of drug-likeness (QED) is 0.471. The third-order valence-electron chi connectivity index (χ3n) is 11.3. The van der Waals surface area contributed by atoms with Crippen LogP contribution in [0.3, 0.4) is 0 Å². The highest BCUT2D eigenvalue weighted by Crippen LogP contribution is 2.66. The van der Waals surface area contributed by atoms with Crippen molar-refractivity contribution in [2.75, 3.05) is 0 Å². The second-order valence-corrected chi connectivity index (χ2v) is 13.1. The molecule has 0 heterocycles. The third kappa shape index (κ3) is 4.06. The maximum absolute atomic E-state index is 13.1. The van der Waals surface area contributed by atoms with Gasteiger partial charge in [0.05, 0.1) is 17.8 Å². The number of aliphatic hydroxyl groups excluding tert-OH is 2. The molecule has 3 N–H and O–H groups in total. The predicted octanol–water partition coefficient (Wildman–Crippen LogP) is 5.29. The zero-order valence-electron chi connectivity index (χ0n) is 21.8.